The van der Waals surface area contributed by atoms with E-state index in [0.29, 0.717) is 57.1 Å². The standard InChI is InChI=1S/C33H28N2O8S2.C29H22N2O8S2.C5H5N.C4H11N/c1-2-23(17-32-34(21-44(36,37)38)28-19-26(13-15-30(28)42-32)24-9-5-3-6-10-24)18-33-35(22-45(39,40)41)29-20-27(14-16-31(29)43-33)25-11-7-4-8-12-25;32-40(33,34)18-30-24-15-22(20-7-3-1-4-8-20)11-13-26(24)38-28(30)17-29-31(19-41(35,36)37)25-16-23(12-14-27(25)39-29)21-9-5-2-6-10-21;1-2-4-6-5-3-1;1-3-5-4-2/h3-20H,2,21-22H2,1H3,(H-,36,37,38,39,40,41);1-17H,18-19H2,(H-,32,33,34,35,36,37);1-5H;5H,3-4H2,1-2H3/p+1. The number of nitrogens with zero attached hydrogens (tertiary/aromatic N) is 4. The molecule has 8 aromatic carbocycles. The van der Waals surface area contributed by atoms with E-state index in [4.69, 9.17) is 18.3 Å². The molecular weight excluding hydrogens is 1320 g/mol. The van der Waals surface area contributed by atoms with Crippen LogP contribution in [-0.2, 0) is 52.2 Å². The van der Waals surface area contributed by atoms with Crippen LogP contribution in [0.25, 0.3) is 78.9 Å². The zero-order valence-corrected chi connectivity index (χ0v) is 55.8. The molecule has 0 bridgehead atoms. The van der Waals surface area contributed by atoms with Gasteiger partial charge in [0, 0.05) is 30.3 Å². The van der Waals surface area contributed by atoms with Gasteiger partial charge in [0.25, 0.3) is 31.3 Å². The number of ether oxygens (including phenoxy) is 2. The van der Waals surface area contributed by atoms with E-state index in [-0.39, 0.29) is 23.5 Å². The quantitative estimate of drug-likeness (QED) is 0.0531. The third kappa shape index (κ3) is 18.7. The van der Waals surface area contributed by atoms with E-state index < -0.39 is 64.0 Å². The summed E-state index contributed by atoms with van der Waals surface area (Å²) in [6.07, 6.45) is 8.61. The lowest BCUT2D eigenvalue weighted by molar-refractivity contribution is -0.658. The fourth-order valence-corrected chi connectivity index (χ4v) is 12.9. The molecule has 13 rings (SSSR count). The number of aromatic amines is 1. The summed E-state index contributed by atoms with van der Waals surface area (Å²) in [6.45, 7) is 8.23. The molecule has 0 aliphatic carbocycles. The molecule has 0 saturated carbocycles. The molecule has 2 aliphatic rings. The molecule has 4 N–H and O–H groups in total. The van der Waals surface area contributed by atoms with E-state index in [0.717, 1.165) is 57.6 Å². The number of allylic oxidation sites excluding steroid dienone is 2. The van der Waals surface area contributed by atoms with Crippen LogP contribution in [-0.4, -0.2) is 76.7 Å². The fraction of sp³-hybridized carbons (Fsp3) is 0.141. The second-order valence-electron chi connectivity index (χ2n) is 21.9. The SMILES string of the molecule is CCC(=C/c1oc2ccc(-c3ccccc3)cc2[n+]1CS(=O)(=O)[O-])/C=C1/Oc2ccc(-c3ccccc3)cc2N1CS(=O)(=O)O.CCNCC.O=S(=O)([O-])C[n+]1c(C=C2Oc3ccc(-c4ccccc4)cc3N2CS(=O)(=O)O)oc2ccc(-c3ccccc3)cc21.c1cc[nH+]cc1. The number of fused-ring (bicyclic) bond motifs is 4. The number of hydrogen-bond donors (Lipinski definition) is 3. The average Bonchev–Trinajstić information content (AvgIpc) is 1.64. The van der Waals surface area contributed by atoms with Gasteiger partial charge < -0.3 is 32.7 Å². The van der Waals surface area contributed by atoms with Crippen LogP contribution in [0.1, 0.15) is 39.0 Å². The number of hydrogen-bond acceptors (Lipinski definition) is 17. The lowest BCUT2D eigenvalue weighted by Crippen LogP contribution is -2.39. The number of H-pyrrole nitrogens is 1. The van der Waals surface area contributed by atoms with Crippen molar-refractivity contribution in [2.45, 2.75) is 38.9 Å². The molecule has 0 radical (unpaired) electrons. The number of anilines is 2. The highest BCUT2D eigenvalue weighted by molar-refractivity contribution is 7.86. The van der Waals surface area contributed by atoms with Gasteiger partial charge in [0.05, 0.1) is 17.5 Å². The molecule has 0 atom stereocenters. The number of pyridine rings is 1. The monoisotopic (exact) mass is 1390 g/mol. The number of benzene rings is 8. The highest BCUT2D eigenvalue weighted by Crippen LogP contribution is 2.44. The summed E-state index contributed by atoms with van der Waals surface area (Å²) >= 11 is 0. The van der Waals surface area contributed by atoms with Gasteiger partial charge in [-0.1, -0.05) is 172 Å². The Bertz CT molecular complexity index is 5130. The molecule has 500 valence electrons. The summed E-state index contributed by atoms with van der Waals surface area (Å²) in [5, 5.41) is 3.11. The van der Waals surface area contributed by atoms with E-state index in [1.54, 1.807) is 72.8 Å². The van der Waals surface area contributed by atoms with Gasteiger partial charge in [-0.2, -0.15) is 16.8 Å². The summed E-state index contributed by atoms with van der Waals surface area (Å²) in [4.78, 5) is 5.47. The maximum Gasteiger partial charge on any atom is 0.380 e. The maximum atomic E-state index is 12.1. The first-order valence-corrected chi connectivity index (χ1v) is 36.7. The highest BCUT2D eigenvalue weighted by Gasteiger charge is 2.35. The molecule has 22 nitrogen and oxygen atoms in total. The minimum atomic E-state index is -4.77. The summed E-state index contributed by atoms with van der Waals surface area (Å²) in [7, 11) is -18.5. The van der Waals surface area contributed by atoms with Crippen LogP contribution in [0.3, 0.4) is 0 Å². The van der Waals surface area contributed by atoms with E-state index in [1.807, 2.05) is 171 Å². The lowest BCUT2D eigenvalue weighted by Gasteiger charge is -2.17. The van der Waals surface area contributed by atoms with Gasteiger partial charge in [-0.05, 0) is 106 Å². The smallest absolute Gasteiger partial charge is 0.380 e. The van der Waals surface area contributed by atoms with Crippen LogP contribution < -0.4 is 38.7 Å². The van der Waals surface area contributed by atoms with Crippen molar-refractivity contribution in [2.24, 2.45) is 0 Å². The van der Waals surface area contributed by atoms with E-state index in [9.17, 15) is 51.9 Å². The summed E-state index contributed by atoms with van der Waals surface area (Å²) < 4.78 is 166. The van der Waals surface area contributed by atoms with Crippen molar-refractivity contribution in [3.05, 3.63) is 260 Å². The lowest BCUT2D eigenvalue weighted by atomic mass is 10.0. The Hall–Kier alpha value is -10.1. The summed E-state index contributed by atoms with van der Waals surface area (Å²) in [5.41, 5.74) is 9.53. The molecule has 0 fully saturated rings. The van der Waals surface area contributed by atoms with Gasteiger partial charge in [0.15, 0.2) is 55.9 Å². The van der Waals surface area contributed by atoms with Crippen molar-refractivity contribution < 1.29 is 84.3 Å². The van der Waals surface area contributed by atoms with Crippen molar-refractivity contribution in [3.8, 4) is 56.0 Å². The van der Waals surface area contributed by atoms with E-state index in [2.05, 4.69) is 24.1 Å². The van der Waals surface area contributed by atoms with Crippen molar-refractivity contribution in [3.63, 3.8) is 0 Å². The first-order chi connectivity index (χ1) is 46.4. The average molecular weight is 1390 g/mol. The normalized spacial score (nSPS) is 13.8. The van der Waals surface area contributed by atoms with Crippen LogP contribution >= 0.6 is 0 Å². The molecule has 11 aromatic rings. The van der Waals surface area contributed by atoms with Gasteiger partial charge in [-0.25, -0.2) is 21.8 Å². The summed E-state index contributed by atoms with van der Waals surface area (Å²) in [5.74, 6) is -2.60. The van der Waals surface area contributed by atoms with Gasteiger partial charge in [-0.3, -0.25) is 18.9 Å². The molecule has 0 amide bonds. The first kappa shape index (κ1) is 69.7. The van der Waals surface area contributed by atoms with Crippen molar-refractivity contribution in [1.82, 2.24) is 5.32 Å². The zero-order chi connectivity index (χ0) is 68.9. The molecule has 0 unspecified atom stereocenters. The van der Waals surface area contributed by atoms with Crippen LogP contribution in [0, 0.1) is 0 Å². The minimum Gasteiger partial charge on any atom is -0.743 e. The molecule has 0 saturated heterocycles. The largest absolute Gasteiger partial charge is 0.743 e. The molecule has 26 heteroatoms. The first-order valence-electron chi connectivity index (χ1n) is 30.3. The Morgan fingerprint density at radius 1 is 0.474 bits per heavy atom. The van der Waals surface area contributed by atoms with Crippen LogP contribution in [0.2, 0.25) is 0 Å². The number of rotatable bonds is 18. The fourth-order valence-electron chi connectivity index (χ4n) is 10.5. The molecule has 0 spiro atoms. The molecular formula is C71H67N6O16S4+. The molecule has 3 aromatic heterocycles. The van der Waals surface area contributed by atoms with Gasteiger partial charge >= 0.3 is 11.8 Å². The molecule has 5 heterocycles. The zero-order valence-electron chi connectivity index (χ0n) is 52.6. The number of oxazole rings is 2. The summed E-state index contributed by atoms with van der Waals surface area (Å²) in [6, 6.07) is 64.7. The van der Waals surface area contributed by atoms with E-state index >= 15 is 0 Å². The highest BCUT2D eigenvalue weighted by atomic mass is 32.2. The molecule has 97 heavy (non-hydrogen) atoms. The Morgan fingerprint density at radius 3 is 1.21 bits per heavy atom. The number of nitrogens with one attached hydrogen (secondary N) is 2. The second kappa shape index (κ2) is 30.7. The topological polar surface area (TPSA) is 308 Å². The van der Waals surface area contributed by atoms with Crippen LogP contribution in [0.4, 0.5) is 11.4 Å². The Morgan fingerprint density at radius 2 is 0.845 bits per heavy atom. The Labute approximate surface area is 562 Å². The minimum absolute atomic E-state index is 0.0535. The Balaban J connectivity index is 0.000000182. The second-order valence-corrected chi connectivity index (χ2v) is 27.5. The van der Waals surface area contributed by atoms with Crippen molar-refractivity contribution >= 4 is 86.2 Å². The number of aromatic nitrogens is 3. The van der Waals surface area contributed by atoms with Crippen LogP contribution in [0.5, 0.6) is 11.5 Å². The van der Waals surface area contributed by atoms with Gasteiger partial charge in [0.2, 0.25) is 34.7 Å². The van der Waals surface area contributed by atoms with Gasteiger partial charge in [0.1, 0.15) is 6.08 Å². The Kier molecular flexibility index (Phi) is 22.1. The molecule has 2 aliphatic heterocycles. The predicted molar refractivity (Wildman–Crippen MR) is 367 cm³/mol. The maximum absolute atomic E-state index is 12.1. The van der Waals surface area contributed by atoms with Crippen molar-refractivity contribution in [1.29, 1.82) is 0 Å². The van der Waals surface area contributed by atoms with E-state index in [1.165, 1.54) is 25.0 Å². The van der Waals surface area contributed by atoms with Crippen LogP contribution in [0.15, 0.2) is 257 Å². The third-order valence-electron chi connectivity index (χ3n) is 14.9. The van der Waals surface area contributed by atoms with Crippen molar-refractivity contribution in [2.75, 3.05) is 34.6 Å². The van der Waals surface area contributed by atoms with Gasteiger partial charge in [-0.15, -0.1) is 9.13 Å². The predicted octanol–water partition coefficient (Wildman–Crippen LogP) is 11.7. The third-order valence-corrected chi connectivity index (χ3v) is 17.2.